The monoisotopic (exact) mass is 369 g/mol. The Kier molecular flexibility index (Phi) is 6.46. The van der Waals surface area contributed by atoms with Gasteiger partial charge in [-0.25, -0.2) is 0 Å². The Morgan fingerprint density at radius 2 is 1.93 bits per heavy atom. The largest absolute Gasteiger partial charge is 0.490 e. The molecular weight excluding hydrogens is 346 g/mol. The summed E-state index contributed by atoms with van der Waals surface area (Å²) in [6.45, 7) is 3.42. The summed E-state index contributed by atoms with van der Waals surface area (Å²) in [5.41, 5.74) is 0.461. The molecule has 6 heteroatoms. The zero-order chi connectivity index (χ0) is 19.1. The molecule has 3 rings (SSSR count). The van der Waals surface area contributed by atoms with Crippen LogP contribution in [-0.4, -0.2) is 35.5 Å². The van der Waals surface area contributed by atoms with Gasteiger partial charge in [0.2, 0.25) is 0 Å². The number of furan rings is 2. The molecular formula is C21H23NO5. The number of aldehydes is 1. The third kappa shape index (κ3) is 5.57. The van der Waals surface area contributed by atoms with Crippen LogP contribution >= 0.6 is 0 Å². The van der Waals surface area contributed by atoms with Crippen molar-refractivity contribution in [2.75, 3.05) is 13.2 Å². The number of aliphatic hydroxyl groups is 1. The first kappa shape index (κ1) is 18.9. The summed E-state index contributed by atoms with van der Waals surface area (Å²) in [7, 11) is 0. The molecule has 27 heavy (non-hydrogen) atoms. The zero-order valence-electron chi connectivity index (χ0n) is 15.2. The van der Waals surface area contributed by atoms with Gasteiger partial charge >= 0.3 is 0 Å². The van der Waals surface area contributed by atoms with Gasteiger partial charge in [-0.2, -0.15) is 0 Å². The van der Waals surface area contributed by atoms with Gasteiger partial charge in [0.05, 0.1) is 24.9 Å². The van der Waals surface area contributed by atoms with E-state index in [-0.39, 0.29) is 6.61 Å². The summed E-state index contributed by atoms with van der Waals surface area (Å²) in [5.74, 6) is 2.93. The van der Waals surface area contributed by atoms with E-state index in [9.17, 15) is 9.90 Å². The van der Waals surface area contributed by atoms with Crippen LogP contribution in [0.2, 0.25) is 0 Å². The van der Waals surface area contributed by atoms with Gasteiger partial charge in [-0.1, -0.05) is 12.1 Å². The quantitative estimate of drug-likeness (QED) is 0.552. The van der Waals surface area contributed by atoms with Gasteiger partial charge in [-0.3, -0.25) is 9.69 Å². The summed E-state index contributed by atoms with van der Waals surface area (Å²) in [6.07, 6.45) is 1.63. The normalized spacial score (nSPS) is 12.3. The van der Waals surface area contributed by atoms with Crippen LogP contribution in [0.4, 0.5) is 0 Å². The lowest BCUT2D eigenvalue weighted by molar-refractivity contribution is 0.0575. The third-order valence-electron chi connectivity index (χ3n) is 4.08. The molecule has 0 bridgehead atoms. The molecule has 142 valence electrons. The Morgan fingerprint density at radius 1 is 1.11 bits per heavy atom. The summed E-state index contributed by atoms with van der Waals surface area (Å²) in [4.78, 5) is 13.1. The molecule has 0 aliphatic heterocycles. The van der Waals surface area contributed by atoms with Gasteiger partial charge in [0.25, 0.3) is 0 Å². The van der Waals surface area contributed by atoms with Crippen molar-refractivity contribution in [2.45, 2.75) is 26.1 Å². The van der Waals surface area contributed by atoms with Crippen molar-refractivity contribution in [2.24, 2.45) is 0 Å². The summed E-state index contributed by atoms with van der Waals surface area (Å²) < 4.78 is 16.7. The minimum Gasteiger partial charge on any atom is -0.490 e. The van der Waals surface area contributed by atoms with Gasteiger partial charge in [0.1, 0.15) is 35.7 Å². The SMILES string of the molecule is Cc1ccc(CN(Cc2ccco2)CC(O)COc2ccccc2C=O)o1. The standard InChI is InChI=1S/C21H23NO5/c1-16-8-9-20(27-16)13-22(12-19-6-4-10-25-19)11-18(24)15-26-21-7-3-2-5-17(21)14-23/h2-10,14,18,24H,11-13,15H2,1H3. The van der Waals surface area contributed by atoms with Crippen molar-refractivity contribution >= 4 is 6.29 Å². The van der Waals surface area contributed by atoms with Crippen molar-refractivity contribution in [1.82, 2.24) is 4.90 Å². The Hall–Kier alpha value is -2.83. The highest BCUT2D eigenvalue weighted by atomic mass is 16.5. The summed E-state index contributed by atoms with van der Waals surface area (Å²) in [6, 6.07) is 14.5. The number of carbonyl (C=O) groups is 1. The number of aliphatic hydroxyl groups excluding tert-OH is 1. The molecule has 6 nitrogen and oxygen atoms in total. The van der Waals surface area contributed by atoms with Crippen molar-refractivity contribution in [1.29, 1.82) is 0 Å². The van der Waals surface area contributed by atoms with Gasteiger partial charge in [-0.05, 0) is 43.3 Å². The van der Waals surface area contributed by atoms with Crippen LogP contribution in [0, 0.1) is 6.92 Å². The van der Waals surface area contributed by atoms with Crippen LogP contribution < -0.4 is 4.74 Å². The van der Waals surface area contributed by atoms with Crippen molar-refractivity contribution in [3.63, 3.8) is 0 Å². The molecule has 0 amide bonds. The number of carbonyl (C=O) groups excluding carboxylic acids is 1. The van der Waals surface area contributed by atoms with Crippen LogP contribution in [0.5, 0.6) is 5.75 Å². The molecule has 2 heterocycles. The molecule has 0 aliphatic rings. The Labute approximate surface area is 158 Å². The predicted molar refractivity (Wildman–Crippen MR) is 99.6 cm³/mol. The van der Waals surface area contributed by atoms with Crippen molar-refractivity contribution in [3.8, 4) is 5.75 Å². The molecule has 1 atom stereocenters. The molecule has 0 spiro atoms. The van der Waals surface area contributed by atoms with E-state index >= 15 is 0 Å². The molecule has 2 aromatic heterocycles. The van der Waals surface area contributed by atoms with Crippen molar-refractivity contribution < 1.29 is 23.5 Å². The molecule has 3 aromatic rings. The summed E-state index contributed by atoms with van der Waals surface area (Å²) in [5, 5.41) is 10.4. The van der Waals surface area contributed by atoms with Crippen LogP contribution in [0.3, 0.4) is 0 Å². The highest BCUT2D eigenvalue weighted by Crippen LogP contribution is 2.17. The predicted octanol–water partition coefficient (Wildman–Crippen LogP) is 3.44. The fraction of sp³-hybridized carbons (Fsp3) is 0.286. The second-order valence-corrected chi connectivity index (χ2v) is 6.38. The molecule has 1 unspecified atom stereocenters. The lowest BCUT2D eigenvalue weighted by Crippen LogP contribution is -2.35. The van der Waals surface area contributed by atoms with Crippen LogP contribution in [0.25, 0.3) is 0 Å². The topological polar surface area (TPSA) is 76.1 Å². The molecule has 0 saturated carbocycles. The number of aryl methyl sites for hydroxylation is 1. The number of rotatable bonds is 10. The Balaban J connectivity index is 1.60. The number of hydrogen-bond acceptors (Lipinski definition) is 6. The molecule has 0 aliphatic carbocycles. The van der Waals surface area contributed by atoms with Crippen LogP contribution in [0.1, 0.15) is 27.6 Å². The van der Waals surface area contributed by atoms with E-state index in [0.29, 0.717) is 30.9 Å². The number of para-hydroxylation sites is 1. The number of benzene rings is 1. The van der Waals surface area contributed by atoms with E-state index in [2.05, 4.69) is 0 Å². The average molecular weight is 369 g/mol. The highest BCUT2D eigenvalue weighted by Gasteiger charge is 2.17. The van der Waals surface area contributed by atoms with E-state index in [0.717, 1.165) is 23.6 Å². The molecule has 1 N–H and O–H groups in total. The first-order chi connectivity index (χ1) is 13.1. The maximum Gasteiger partial charge on any atom is 0.153 e. The third-order valence-corrected chi connectivity index (χ3v) is 4.08. The van der Waals surface area contributed by atoms with Gasteiger partial charge in [-0.15, -0.1) is 0 Å². The maximum absolute atomic E-state index is 11.1. The van der Waals surface area contributed by atoms with E-state index in [1.807, 2.05) is 36.1 Å². The van der Waals surface area contributed by atoms with Gasteiger partial charge in [0, 0.05) is 6.54 Å². The van der Waals surface area contributed by atoms with Gasteiger partial charge in [0.15, 0.2) is 6.29 Å². The van der Waals surface area contributed by atoms with E-state index in [1.165, 1.54) is 0 Å². The van der Waals surface area contributed by atoms with Crippen LogP contribution in [-0.2, 0) is 13.1 Å². The molecule has 1 aromatic carbocycles. The number of ether oxygens (including phenoxy) is 1. The van der Waals surface area contributed by atoms with E-state index in [1.54, 1.807) is 30.5 Å². The minimum atomic E-state index is -0.740. The second-order valence-electron chi connectivity index (χ2n) is 6.38. The lowest BCUT2D eigenvalue weighted by Gasteiger charge is -2.23. The summed E-state index contributed by atoms with van der Waals surface area (Å²) >= 11 is 0. The van der Waals surface area contributed by atoms with E-state index < -0.39 is 6.10 Å². The lowest BCUT2D eigenvalue weighted by atomic mass is 10.2. The Bertz CT molecular complexity index is 840. The maximum atomic E-state index is 11.1. The highest BCUT2D eigenvalue weighted by molar-refractivity contribution is 5.79. The van der Waals surface area contributed by atoms with Crippen LogP contribution in [0.15, 0.2) is 63.6 Å². The number of nitrogens with zero attached hydrogens (tertiary/aromatic N) is 1. The number of hydrogen-bond donors (Lipinski definition) is 1. The molecule has 0 saturated heterocycles. The fourth-order valence-corrected chi connectivity index (χ4v) is 2.84. The smallest absolute Gasteiger partial charge is 0.153 e. The molecule has 0 fully saturated rings. The van der Waals surface area contributed by atoms with Crippen molar-refractivity contribution in [3.05, 3.63) is 77.6 Å². The first-order valence-electron chi connectivity index (χ1n) is 8.79. The van der Waals surface area contributed by atoms with E-state index in [4.69, 9.17) is 13.6 Å². The Morgan fingerprint density at radius 3 is 2.63 bits per heavy atom. The second kappa shape index (κ2) is 9.21. The average Bonchev–Trinajstić information content (AvgIpc) is 3.32. The zero-order valence-corrected chi connectivity index (χ0v) is 15.2. The minimum absolute atomic E-state index is 0.0801. The fourth-order valence-electron chi connectivity index (χ4n) is 2.84. The first-order valence-corrected chi connectivity index (χ1v) is 8.79. The van der Waals surface area contributed by atoms with Gasteiger partial charge < -0.3 is 18.7 Å². The molecule has 0 radical (unpaired) electrons.